The van der Waals surface area contributed by atoms with Gasteiger partial charge in [-0.25, -0.2) is 0 Å². The number of amides is 2. The normalized spacial score (nSPS) is 17.0. The summed E-state index contributed by atoms with van der Waals surface area (Å²) in [5, 5.41) is 3.03. The molecule has 0 aliphatic carbocycles. The highest BCUT2D eigenvalue weighted by atomic mass is 35.5. The summed E-state index contributed by atoms with van der Waals surface area (Å²) in [7, 11) is 0. The molecule has 2 aliphatic heterocycles. The molecule has 1 fully saturated rings. The van der Waals surface area contributed by atoms with Gasteiger partial charge in [-0.05, 0) is 60.0 Å². The van der Waals surface area contributed by atoms with Gasteiger partial charge >= 0.3 is 12.5 Å². The summed E-state index contributed by atoms with van der Waals surface area (Å²) in [5.41, 5.74) is 1.29. The van der Waals surface area contributed by atoms with Gasteiger partial charge in [0.15, 0.2) is 6.61 Å². The highest BCUT2D eigenvalue weighted by molar-refractivity contribution is 6.32. The molecule has 5 rings (SSSR count). The Bertz CT molecular complexity index is 1560. The molecular formula is C29H24ClF6N3O4. The fourth-order valence-corrected chi connectivity index (χ4v) is 5.33. The minimum Gasteiger partial charge on any atom is -0.482 e. The number of hydrogen-bond acceptors (Lipinski definition) is 5. The Labute approximate surface area is 246 Å². The van der Waals surface area contributed by atoms with E-state index in [2.05, 4.69) is 10.1 Å². The maximum absolute atomic E-state index is 13.6. The van der Waals surface area contributed by atoms with Crippen molar-refractivity contribution in [1.29, 1.82) is 0 Å². The number of fused-ring (bicyclic) bond motifs is 2. The van der Waals surface area contributed by atoms with E-state index in [1.807, 2.05) is 0 Å². The molecule has 0 spiro atoms. The quantitative estimate of drug-likeness (QED) is 0.332. The maximum Gasteiger partial charge on any atom is 0.573 e. The van der Waals surface area contributed by atoms with Crippen LogP contribution in [0.3, 0.4) is 0 Å². The van der Waals surface area contributed by atoms with Crippen LogP contribution in [-0.4, -0.2) is 66.8 Å². The number of alkyl halides is 6. The fraction of sp³-hybridized carbons (Fsp3) is 0.310. The molecule has 228 valence electrons. The lowest BCUT2D eigenvalue weighted by atomic mass is 9.97. The molecule has 0 radical (unpaired) electrons. The number of anilines is 1. The molecular weight excluding hydrogens is 604 g/mol. The van der Waals surface area contributed by atoms with Crippen LogP contribution in [0.5, 0.6) is 11.5 Å². The molecule has 0 bridgehead atoms. The zero-order chi connectivity index (χ0) is 31.1. The third-order valence-corrected chi connectivity index (χ3v) is 7.40. The van der Waals surface area contributed by atoms with Gasteiger partial charge in [-0.3, -0.25) is 9.59 Å². The third-order valence-electron chi connectivity index (χ3n) is 7.10. The van der Waals surface area contributed by atoms with Gasteiger partial charge in [-0.1, -0.05) is 23.7 Å². The lowest BCUT2D eigenvalue weighted by Crippen LogP contribution is -2.58. The number of nitrogens with zero attached hydrogens (tertiary/aromatic N) is 2. The average molecular weight is 628 g/mol. The average Bonchev–Trinajstić information content (AvgIpc) is 3.06. The predicted octanol–water partition coefficient (Wildman–Crippen LogP) is 6.39. The Morgan fingerprint density at radius 2 is 1.77 bits per heavy atom. The van der Waals surface area contributed by atoms with Crippen LogP contribution in [-0.2, 0) is 11.0 Å². The van der Waals surface area contributed by atoms with Gasteiger partial charge in [0.1, 0.15) is 11.5 Å². The van der Waals surface area contributed by atoms with Crippen molar-refractivity contribution >= 4 is 29.1 Å². The van der Waals surface area contributed by atoms with Gasteiger partial charge in [0.2, 0.25) is 0 Å². The number of piperazine rings is 1. The molecule has 1 saturated heterocycles. The second-order valence-electron chi connectivity index (χ2n) is 10.1. The van der Waals surface area contributed by atoms with E-state index in [-0.39, 0.29) is 36.3 Å². The summed E-state index contributed by atoms with van der Waals surface area (Å²) >= 11 is 5.98. The molecule has 3 aromatic carbocycles. The maximum atomic E-state index is 13.6. The van der Waals surface area contributed by atoms with Crippen LogP contribution in [0.2, 0.25) is 5.02 Å². The van der Waals surface area contributed by atoms with Crippen molar-refractivity contribution < 1.29 is 45.4 Å². The molecule has 1 N–H and O–H groups in total. The predicted molar refractivity (Wildman–Crippen MR) is 145 cm³/mol. The van der Waals surface area contributed by atoms with Gasteiger partial charge < -0.3 is 24.6 Å². The van der Waals surface area contributed by atoms with E-state index in [9.17, 15) is 35.9 Å². The first-order chi connectivity index (χ1) is 20.2. The summed E-state index contributed by atoms with van der Waals surface area (Å²) in [5.74, 6) is -1.26. The van der Waals surface area contributed by atoms with E-state index in [4.69, 9.17) is 16.3 Å². The summed E-state index contributed by atoms with van der Waals surface area (Å²) in [6.07, 6.45) is -9.40. The van der Waals surface area contributed by atoms with E-state index in [1.165, 1.54) is 4.90 Å². The second-order valence-corrected chi connectivity index (χ2v) is 10.6. The van der Waals surface area contributed by atoms with E-state index >= 15 is 0 Å². The molecule has 1 unspecified atom stereocenters. The summed E-state index contributed by atoms with van der Waals surface area (Å²) < 4.78 is 86.7. The Balaban J connectivity index is 1.25. The Morgan fingerprint density at radius 3 is 2.47 bits per heavy atom. The first-order valence-electron chi connectivity index (χ1n) is 13.0. The lowest BCUT2D eigenvalue weighted by Gasteiger charge is -2.40. The van der Waals surface area contributed by atoms with Gasteiger partial charge in [-0.15, -0.1) is 13.2 Å². The monoisotopic (exact) mass is 627 g/mol. The van der Waals surface area contributed by atoms with E-state index in [1.54, 1.807) is 36.1 Å². The van der Waals surface area contributed by atoms with Crippen molar-refractivity contribution in [3.8, 4) is 22.6 Å². The second kappa shape index (κ2) is 11.5. The molecule has 0 saturated carbocycles. The number of carbonyl (C=O) groups is 2. The molecule has 1 atom stereocenters. The molecule has 43 heavy (non-hydrogen) atoms. The largest absolute Gasteiger partial charge is 0.573 e. The van der Waals surface area contributed by atoms with Crippen molar-refractivity contribution in [1.82, 2.24) is 9.80 Å². The van der Waals surface area contributed by atoms with Gasteiger partial charge in [-0.2, -0.15) is 13.2 Å². The summed E-state index contributed by atoms with van der Waals surface area (Å²) in [6, 6.07) is 11.3. The zero-order valence-electron chi connectivity index (χ0n) is 22.5. The standard InChI is InChI=1S/C29H24ClF6N3O4/c1-16-8-18(10-19(9-16)28(31,32)33)17-2-4-24-22(11-17)27(41)39-7-6-38(14-20(39)13-37-24)26(40)15-42-25-5-3-21(12-23(25)30)43-29(34,35)36/h2-5,8-12,20,37H,6-7,13-15H2,1H3. The summed E-state index contributed by atoms with van der Waals surface area (Å²) in [6.45, 7) is 2.03. The van der Waals surface area contributed by atoms with Crippen LogP contribution in [0.4, 0.5) is 32.0 Å². The summed E-state index contributed by atoms with van der Waals surface area (Å²) in [4.78, 5) is 29.6. The fourth-order valence-electron chi connectivity index (χ4n) is 5.10. The minimum absolute atomic E-state index is 0.00305. The van der Waals surface area contributed by atoms with Crippen LogP contribution < -0.4 is 14.8 Å². The number of aryl methyl sites for hydroxylation is 1. The van der Waals surface area contributed by atoms with Crippen molar-refractivity contribution in [2.45, 2.75) is 25.5 Å². The lowest BCUT2D eigenvalue weighted by molar-refractivity contribution is -0.274. The molecule has 2 heterocycles. The Hall–Kier alpha value is -4.13. The number of ether oxygens (including phenoxy) is 2. The van der Waals surface area contributed by atoms with Crippen molar-refractivity contribution in [2.24, 2.45) is 0 Å². The number of hydrogen-bond donors (Lipinski definition) is 1. The molecule has 3 aromatic rings. The molecule has 7 nitrogen and oxygen atoms in total. The highest BCUT2D eigenvalue weighted by Crippen LogP contribution is 2.36. The van der Waals surface area contributed by atoms with Gasteiger partial charge in [0.25, 0.3) is 11.8 Å². The number of halogens is 7. The Kier molecular flexibility index (Phi) is 8.12. The van der Waals surface area contributed by atoms with Crippen LogP contribution in [0.25, 0.3) is 11.1 Å². The number of rotatable bonds is 5. The third kappa shape index (κ3) is 6.93. The number of carbonyl (C=O) groups excluding carboxylic acids is 2. The highest BCUT2D eigenvalue weighted by Gasteiger charge is 2.36. The van der Waals surface area contributed by atoms with Gasteiger partial charge in [0, 0.05) is 37.9 Å². The van der Waals surface area contributed by atoms with Crippen molar-refractivity contribution in [3.05, 3.63) is 76.3 Å². The van der Waals surface area contributed by atoms with E-state index in [0.717, 1.165) is 30.3 Å². The molecule has 2 aliphatic rings. The number of nitrogens with one attached hydrogen (secondary N) is 1. The molecule has 2 amide bonds. The zero-order valence-corrected chi connectivity index (χ0v) is 23.2. The SMILES string of the molecule is Cc1cc(-c2ccc3c(c2)C(=O)N2CCN(C(=O)COc4ccc(OC(F)(F)F)cc4Cl)CC2CN3)cc(C(F)(F)F)c1. The van der Waals surface area contributed by atoms with Crippen LogP contribution in [0.1, 0.15) is 21.5 Å². The smallest absolute Gasteiger partial charge is 0.482 e. The topological polar surface area (TPSA) is 71.1 Å². The number of benzene rings is 3. The van der Waals surface area contributed by atoms with E-state index < -0.39 is 42.4 Å². The van der Waals surface area contributed by atoms with Crippen molar-refractivity contribution in [3.63, 3.8) is 0 Å². The van der Waals surface area contributed by atoms with Crippen LogP contribution >= 0.6 is 11.6 Å². The minimum atomic E-state index is -4.89. The van der Waals surface area contributed by atoms with Crippen LogP contribution in [0, 0.1) is 6.92 Å². The van der Waals surface area contributed by atoms with Crippen LogP contribution in [0.15, 0.2) is 54.6 Å². The molecule has 14 heteroatoms. The van der Waals surface area contributed by atoms with Gasteiger partial charge in [0.05, 0.1) is 22.2 Å². The first-order valence-corrected chi connectivity index (χ1v) is 13.4. The first kappa shape index (κ1) is 30.3. The van der Waals surface area contributed by atoms with E-state index in [0.29, 0.717) is 34.5 Å². The molecule has 0 aromatic heterocycles. The Morgan fingerprint density at radius 1 is 1.00 bits per heavy atom. The van der Waals surface area contributed by atoms with Crippen molar-refractivity contribution in [2.75, 3.05) is 38.1 Å².